The number of halogens is 3. The highest BCUT2D eigenvalue weighted by Crippen LogP contribution is 2.24. The van der Waals surface area contributed by atoms with E-state index in [0.29, 0.717) is 30.7 Å². The van der Waals surface area contributed by atoms with E-state index in [0.717, 1.165) is 4.31 Å². The van der Waals surface area contributed by atoms with E-state index in [1.54, 1.807) is 16.8 Å². The van der Waals surface area contributed by atoms with Crippen LogP contribution in [0, 0.1) is 17.5 Å². The number of carbonyl (C=O) groups excluding carboxylic acids is 2. The van der Waals surface area contributed by atoms with Gasteiger partial charge < -0.3 is 10.2 Å². The van der Waals surface area contributed by atoms with E-state index in [2.05, 4.69) is 5.32 Å². The second-order valence-electron chi connectivity index (χ2n) is 6.83. The zero-order valence-electron chi connectivity index (χ0n) is 16.3. The molecule has 31 heavy (non-hydrogen) atoms. The van der Waals surface area contributed by atoms with E-state index in [4.69, 9.17) is 0 Å². The zero-order chi connectivity index (χ0) is 22.6. The predicted octanol–water partition coefficient (Wildman–Crippen LogP) is 2.21. The first-order valence-electron chi connectivity index (χ1n) is 9.43. The second kappa shape index (κ2) is 9.79. The van der Waals surface area contributed by atoms with Crippen molar-refractivity contribution in [2.45, 2.75) is 17.7 Å². The van der Waals surface area contributed by atoms with Crippen molar-refractivity contribution in [1.29, 1.82) is 0 Å². The minimum atomic E-state index is -4.37. The highest BCUT2D eigenvalue weighted by Gasteiger charge is 2.33. The Kier molecular flexibility index (Phi) is 7.34. The summed E-state index contributed by atoms with van der Waals surface area (Å²) in [4.78, 5) is 24.7. The van der Waals surface area contributed by atoms with Gasteiger partial charge in [0.1, 0.15) is 4.90 Å². The number of nitrogens with one attached hydrogen (secondary N) is 1. The minimum absolute atomic E-state index is 0.0879. The number of piperazine rings is 1. The Morgan fingerprint density at radius 3 is 2.39 bits per heavy atom. The Morgan fingerprint density at radius 1 is 1.03 bits per heavy atom. The van der Waals surface area contributed by atoms with Gasteiger partial charge in [0.2, 0.25) is 15.9 Å². The highest BCUT2D eigenvalue weighted by molar-refractivity contribution is 7.89. The summed E-state index contributed by atoms with van der Waals surface area (Å²) >= 11 is 1.41. The molecule has 1 aliphatic rings. The molecule has 1 saturated heterocycles. The third kappa shape index (κ3) is 5.25. The fourth-order valence-electron chi connectivity index (χ4n) is 3.12. The molecule has 0 atom stereocenters. The molecular formula is C19H20F3N3O4S2. The van der Waals surface area contributed by atoms with Crippen molar-refractivity contribution in [3.8, 4) is 0 Å². The topological polar surface area (TPSA) is 86.8 Å². The average Bonchev–Trinajstić information content (AvgIpc) is 3.30. The van der Waals surface area contributed by atoms with Gasteiger partial charge in [0.05, 0.1) is 0 Å². The van der Waals surface area contributed by atoms with Crippen LogP contribution in [0.15, 0.2) is 33.9 Å². The lowest BCUT2D eigenvalue weighted by molar-refractivity contribution is -0.132. The number of hydrogen-bond acceptors (Lipinski definition) is 5. The lowest BCUT2D eigenvalue weighted by Crippen LogP contribution is -2.50. The molecule has 12 heteroatoms. The zero-order valence-corrected chi connectivity index (χ0v) is 17.9. The Bertz CT molecular complexity index is 1050. The Balaban J connectivity index is 1.48. The second-order valence-corrected chi connectivity index (χ2v) is 9.52. The number of carbonyl (C=O) groups is 2. The Morgan fingerprint density at radius 2 is 1.74 bits per heavy atom. The Labute approximate surface area is 181 Å². The molecule has 2 aromatic rings. The van der Waals surface area contributed by atoms with Crippen molar-refractivity contribution in [2.75, 3.05) is 32.7 Å². The van der Waals surface area contributed by atoms with Crippen LogP contribution in [0.25, 0.3) is 0 Å². The third-order valence-corrected chi connectivity index (χ3v) is 7.44. The molecule has 1 N–H and O–H groups in total. The maximum Gasteiger partial charge on any atom is 0.252 e. The average molecular weight is 476 g/mol. The molecule has 3 rings (SSSR count). The molecule has 0 spiro atoms. The van der Waals surface area contributed by atoms with Crippen LogP contribution in [0.5, 0.6) is 0 Å². The van der Waals surface area contributed by atoms with Crippen LogP contribution >= 0.6 is 11.3 Å². The normalized spacial score (nSPS) is 15.1. The number of amides is 2. The predicted molar refractivity (Wildman–Crippen MR) is 108 cm³/mol. The lowest BCUT2D eigenvalue weighted by atomic mass is 10.2. The first-order valence-corrected chi connectivity index (χ1v) is 11.8. The molecule has 168 valence electrons. The van der Waals surface area contributed by atoms with Crippen molar-refractivity contribution in [3.63, 3.8) is 0 Å². The van der Waals surface area contributed by atoms with Gasteiger partial charge in [-0.3, -0.25) is 9.59 Å². The lowest BCUT2D eigenvalue weighted by Gasteiger charge is -2.34. The van der Waals surface area contributed by atoms with Crippen LogP contribution < -0.4 is 5.32 Å². The summed E-state index contributed by atoms with van der Waals surface area (Å²) in [5.41, 5.74) is 0.561. The molecule has 0 aliphatic carbocycles. The van der Waals surface area contributed by atoms with E-state index >= 15 is 0 Å². The summed E-state index contributed by atoms with van der Waals surface area (Å²) in [6.07, 6.45) is 0.599. The summed E-state index contributed by atoms with van der Waals surface area (Å²) in [5.74, 6) is -5.49. The van der Waals surface area contributed by atoms with Gasteiger partial charge in [-0.05, 0) is 30.0 Å². The molecule has 1 aromatic heterocycles. The molecule has 0 bridgehead atoms. The quantitative estimate of drug-likeness (QED) is 0.492. The fraction of sp³-hybridized carbons (Fsp3) is 0.368. The standard InChI is InChI=1S/C19H20F3N3O4S2/c20-14-3-4-15(18(22)17(14)21)31(28,29)25-9-7-24(8-10-25)16(26)2-1-6-23-19(27)13-5-11-30-12-13/h3-5,11-12H,1-2,6-10H2,(H,23,27). The molecule has 7 nitrogen and oxygen atoms in total. The van der Waals surface area contributed by atoms with E-state index < -0.39 is 32.4 Å². The van der Waals surface area contributed by atoms with Gasteiger partial charge in [-0.2, -0.15) is 15.6 Å². The van der Waals surface area contributed by atoms with E-state index in [9.17, 15) is 31.2 Å². The molecule has 0 unspecified atom stereocenters. The summed E-state index contributed by atoms with van der Waals surface area (Å²) in [7, 11) is -4.37. The molecule has 0 saturated carbocycles. The minimum Gasteiger partial charge on any atom is -0.352 e. The summed E-state index contributed by atoms with van der Waals surface area (Å²) in [5, 5.41) is 6.23. The molecule has 1 aliphatic heterocycles. The fourth-order valence-corrected chi connectivity index (χ4v) is 5.23. The molecule has 0 radical (unpaired) electrons. The SMILES string of the molecule is O=C(NCCCC(=O)N1CCN(S(=O)(=O)c2ccc(F)c(F)c2F)CC1)c1ccsc1. The molecule has 1 fully saturated rings. The largest absolute Gasteiger partial charge is 0.352 e. The van der Waals surface area contributed by atoms with Crippen LogP contribution in [0.1, 0.15) is 23.2 Å². The number of nitrogens with zero attached hydrogens (tertiary/aromatic N) is 2. The summed E-state index contributed by atoms with van der Waals surface area (Å²) < 4.78 is 66.5. The Hall–Kier alpha value is -2.44. The van der Waals surface area contributed by atoms with Crippen LogP contribution in [-0.4, -0.2) is 62.2 Å². The number of thiophene rings is 1. The maximum atomic E-state index is 13.9. The smallest absolute Gasteiger partial charge is 0.252 e. The van der Waals surface area contributed by atoms with Crippen molar-refractivity contribution in [1.82, 2.24) is 14.5 Å². The summed E-state index contributed by atoms with van der Waals surface area (Å²) in [6, 6.07) is 2.94. The van der Waals surface area contributed by atoms with E-state index in [1.165, 1.54) is 16.2 Å². The van der Waals surface area contributed by atoms with Crippen molar-refractivity contribution in [2.24, 2.45) is 0 Å². The van der Waals surface area contributed by atoms with E-state index in [-0.39, 0.29) is 44.4 Å². The summed E-state index contributed by atoms with van der Waals surface area (Å²) in [6.45, 7) is 0.308. The number of rotatable bonds is 7. The van der Waals surface area contributed by atoms with Gasteiger partial charge in [-0.15, -0.1) is 0 Å². The maximum absolute atomic E-state index is 13.9. The van der Waals surface area contributed by atoms with Crippen LogP contribution in [0.4, 0.5) is 13.2 Å². The van der Waals surface area contributed by atoms with Crippen LogP contribution in [0.3, 0.4) is 0 Å². The molecular weight excluding hydrogens is 455 g/mol. The van der Waals surface area contributed by atoms with Gasteiger partial charge in [-0.25, -0.2) is 21.6 Å². The van der Waals surface area contributed by atoms with Gasteiger partial charge in [0.25, 0.3) is 5.91 Å². The number of sulfonamides is 1. The first-order chi connectivity index (χ1) is 14.7. The number of benzene rings is 1. The van der Waals surface area contributed by atoms with Crippen molar-refractivity contribution >= 4 is 33.2 Å². The van der Waals surface area contributed by atoms with Crippen molar-refractivity contribution in [3.05, 3.63) is 52.0 Å². The van der Waals surface area contributed by atoms with Gasteiger partial charge in [0.15, 0.2) is 17.5 Å². The number of hydrogen-bond donors (Lipinski definition) is 1. The van der Waals surface area contributed by atoms with Crippen LogP contribution in [0.2, 0.25) is 0 Å². The van der Waals surface area contributed by atoms with Crippen molar-refractivity contribution < 1.29 is 31.2 Å². The van der Waals surface area contributed by atoms with Gasteiger partial charge >= 0.3 is 0 Å². The van der Waals surface area contributed by atoms with Gasteiger partial charge in [0, 0.05) is 50.1 Å². The molecule has 2 heterocycles. The van der Waals surface area contributed by atoms with Gasteiger partial charge in [-0.1, -0.05) is 0 Å². The molecule has 1 aromatic carbocycles. The monoisotopic (exact) mass is 475 g/mol. The highest BCUT2D eigenvalue weighted by atomic mass is 32.2. The van der Waals surface area contributed by atoms with E-state index in [1.807, 2.05) is 0 Å². The third-order valence-electron chi connectivity index (χ3n) is 4.85. The molecule has 2 amide bonds. The van der Waals surface area contributed by atoms with Crippen LogP contribution in [-0.2, 0) is 14.8 Å². The first kappa shape index (κ1) is 23.2.